The standard InChI is InChI=1S/C18H18F2O4/c1-12(2)24-16-9-13(17(21)22)8-15(10-16)23-11-18(19,20)14-6-4-3-5-7-14/h3-10,12H,11H2,1-2H3,(H,21,22). The largest absolute Gasteiger partial charge is 0.491 e. The van der Waals surface area contributed by atoms with Crippen molar-refractivity contribution in [2.75, 3.05) is 6.61 Å². The zero-order valence-electron chi connectivity index (χ0n) is 13.3. The molecule has 4 nitrogen and oxygen atoms in total. The van der Waals surface area contributed by atoms with Gasteiger partial charge in [-0.1, -0.05) is 30.3 Å². The Morgan fingerprint density at radius 3 is 2.33 bits per heavy atom. The van der Waals surface area contributed by atoms with Gasteiger partial charge in [0.05, 0.1) is 11.7 Å². The van der Waals surface area contributed by atoms with E-state index in [1.54, 1.807) is 19.9 Å². The molecule has 0 heterocycles. The van der Waals surface area contributed by atoms with E-state index in [0.29, 0.717) is 0 Å². The van der Waals surface area contributed by atoms with Crippen LogP contribution in [0.15, 0.2) is 48.5 Å². The highest BCUT2D eigenvalue weighted by molar-refractivity contribution is 5.88. The van der Waals surface area contributed by atoms with Gasteiger partial charge in [-0.2, -0.15) is 8.78 Å². The van der Waals surface area contributed by atoms with Crippen LogP contribution in [0.25, 0.3) is 0 Å². The van der Waals surface area contributed by atoms with Crippen molar-refractivity contribution >= 4 is 5.97 Å². The Morgan fingerprint density at radius 1 is 1.12 bits per heavy atom. The summed E-state index contributed by atoms with van der Waals surface area (Å²) >= 11 is 0. The molecule has 1 N–H and O–H groups in total. The first-order valence-electron chi connectivity index (χ1n) is 7.39. The lowest BCUT2D eigenvalue weighted by atomic mass is 10.1. The van der Waals surface area contributed by atoms with Gasteiger partial charge in [-0.25, -0.2) is 4.79 Å². The molecule has 0 unspecified atom stereocenters. The van der Waals surface area contributed by atoms with Crippen LogP contribution in [0.2, 0.25) is 0 Å². The van der Waals surface area contributed by atoms with E-state index in [2.05, 4.69) is 0 Å². The maximum absolute atomic E-state index is 14.1. The number of hydrogen-bond acceptors (Lipinski definition) is 3. The van der Waals surface area contributed by atoms with Gasteiger partial charge in [0.25, 0.3) is 0 Å². The third kappa shape index (κ3) is 4.68. The van der Waals surface area contributed by atoms with E-state index in [9.17, 15) is 13.6 Å². The first-order chi connectivity index (χ1) is 11.3. The van der Waals surface area contributed by atoms with Gasteiger partial charge in [-0.15, -0.1) is 0 Å². The smallest absolute Gasteiger partial charge is 0.335 e. The van der Waals surface area contributed by atoms with E-state index < -0.39 is 18.5 Å². The number of ether oxygens (including phenoxy) is 2. The maximum atomic E-state index is 14.1. The summed E-state index contributed by atoms with van der Waals surface area (Å²) in [5.74, 6) is -4.12. The molecule has 0 aliphatic heterocycles. The average Bonchev–Trinajstić information content (AvgIpc) is 2.53. The second-order valence-corrected chi connectivity index (χ2v) is 5.52. The molecule has 2 aromatic carbocycles. The summed E-state index contributed by atoms with van der Waals surface area (Å²) in [6.07, 6.45) is -0.187. The Labute approximate surface area is 138 Å². The minimum Gasteiger partial charge on any atom is -0.491 e. The molecule has 0 aliphatic rings. The van der Waals surface area contributed by atoms with E-state index in [1.807, 2.05) is 0 Å². The van der Waals surface area contributed by atoms with Crippen molar-refractivity contribution in [1.29, 1.82) is 0 Å². The summed E-state index contributed by atoms with van der Waals surface area (Å²) in [7, 11) is 0. The van der Waals surface area contributed by atoms with Crippen molar-refractivity contribution in [3.63, 3.8) is 0 Å². The molecule has 6 heteroatoms. The summed E-state index contributed by atoms with van der Waals surface area (Å²) in [6.45, 7) is 2.65. The Morgan fingerprint density at radius 2 is 1.75 bits per heavy atom. The lowest BCUT2D eigenvalue weighted by Crippen LogP contribution is -2.23. The molecule has 0 saturated heterocycles. The van der Waals surface area contributed by atoms with Gasteiger partial charge in [-0.3, -0.25) is 0 Å². The fourth-order valence-electron chi connectivity index (χ4n) is 2.06. The number of carboxylic acids is 1. The molecule has 2 rings (SSSR count). The molecule has 0 atom stereocenters. The molecule has 0 spiro atoms. The normalized spacial score (nSPS) is 11.4. The third-order valence-electron chi connectivity index (χ3n) is 3.12. The second kappa shape index (κ2) is 7.29. The predicted molar refractivity (Wildman–Crippen MR) is 85.0 cm³/mol. The first-order valence-corrected chi connectivity index (χ1v) is 7.39. The third-order valence-corrected chi connectivity index (χ3v) is 3.12. The SMILES string of the molecule is CC(C)Oc1cc(OCC(F)(F)c2ccccc2)cc(C(=O)O)c1. The molecule has 0 amide bonds. The van der Waals surface area contributed by atoms with Crippen molar-refractivity contribution in [3.8, 4) is 11.5 Å². The molecule has 2 aromatic rings. The molecule has 0 saturated carbocycles. The Hall–Kier alpha value is -2.63. The van der Waals surface area contributed by atoms with Crippen molar-refractivity contribution < 1.29 is 28.2 Å². The summed E-state index contributed by atoms with van der Waals surface area (Å²) < 4.78 is 38.9. The number of carbonyl (C=O) groups is 1. The van der Waals surface area contributed by atoms with Crippen LogP contribution in [0.5, 0.6) is 11.5 Å². The highest BCUT2D eigenvalue weighted by atomic mass is 19.3. The summed E-state index contributed by atoms with van der Waals surface area (Å²) in [5, 5.41) is 9.11. The minimum absolute atomic E-state index is 0.0150. The highest BCUT2D eigenvalue weighted by Gasteiger charge is 2.32. The molecule has 0 aromatic heterocycles. The summed E-state index contributed by atoms with van der Waals surface area (Å²) in [5.41, 5.74) is -0.260. The zero-order valence-corrected chi connectivity index (χ0v) is 13.3. The number of alkyl halides is 2. The molecule has 0 aliphatic carbocycles. The second-order valence-electron chi connectivity index (χ2n) is 5.52. The quantitative estimate of drug-likeness (QED) is 0.817. The predicted octanol–water partition coefficient (Wildman–Crippen LogP) is 4.34. The lowest BCUT2D eigenvalue weighted by molar-refractivity contribution is -0.0467. The van der Waals surface area contributed by atoms with Crippen molar-refractivity contribution in [2.24, 2.45) is 0 Å². The Kier molecular flexibility index (Phi) is 5.39. The molecule has 128 valence electrons. The number of carboxylic acid groups (broad SMARTS) is 1. The Bertz CT molecular complexity index is 699. The number of benzene rings is 2. The Balaban J connectivity index is 2.19. The van der Waals surface area contributed by atoms with Crippen LogP contribution in [-0.4, -0.2) is 23.8 Å². The van der Waals surface area contributed by atoms with Crippen LogP contribution < -0.4 is 9.47 Å². The fourth-order valence-corrected chi connectivity index (χ4v) is 2.06. The van der Waals surface area contributed by atoms with Crippen molar-refractivity contribution in [2.45, 2.75) is 25.9 Å². The summed E-state index contributed by atoms with van der Waals surface area (Å²) in [6, 6.07) is 11.2. The van der Waals surface area contributed by atoms with Crippen molar-refractivity contribution in [3.05, 3.63) is 59.7 Å². The lowest BCUT2D eigenvalue weighted by Gasteiger charge is -2.18. The van der Waals surface area contributed by atoms with Gasteiger partial charge in [0.15, 0.2) is 6.61 Å². The number of hydrogen-bond donors (Lipinski definition) is 1. The van der Waals surface area contributed by atoms with Gasteiger partial charge >= 0.3 is 11.9 Å². The van der Waals surface area contributed by atoms with Crippen LogP contribution in [0.4, 0.5) is 8.78 Å². The van der Waals surface area contributed by atoms with Crippen LogP contribution in [0.3, 0.4) is 0 Å². The molecule has 0 bridgehead atoms. The molecule has 0 fully saturated rings. The molecular formula is C18H18F2O4. The number of rotatable bonds is 7. The van der Waals surface area contributed by atoms with Crippen LogP contribution in [-0.2, 0) is 5.92 Å². The van der Waals surface area contributed by atoms with E-state index in [4.69, 9.17) is 14.6 Å². The number of halogens is 2. The highest BCUT2D eigenvalue weighted by Crippen LogP contribution is 2.30. The molecule has 24 heavy (non-hydrogen) atoms. The maximum Gasteiger partial charge on any atom is 0.335 e. The zero-order chi connectivity index (χ0) is 17.7. The fraction of sp³-hybridized carbons (Fsp3) is 0.278. The van der Waals surface area contributed by atoms with Crippen LogP contribution >= 0.6 is 0 Å². The van der Waals surface area contributed by atoms with Crippen LogP contribution in [0, 0.1) is 0 Å². The molecule has 0 radical (unpaired) electrons. The summed E-state index contributed by atoms with van der Waals surface area (Å²) in [4.78, 5) is 11.2. The van der Waals surface area contributed by atoms with Crippen molar-refractivity contribution in [1.82, 2.24) is 0 Å². The number of aromatic carboxylic acids is 1. The molecular weight excluding hydrogens is 318 g/mol. The van der Waals surface area contributed by atoms with Gasteiger partial charge < -0.3 is 14.6 Å². The van der Waals surface area contributed by atoms with E-state index in [0.717, 1.165) is 0 Å². The van der Waals surface area contributed by atoms with Gasteiger partial charge in [0.2, 0.25) is 0 Å². The first kappa shape index (κ1) is 17.7. The van der Waals surface area contributed by atoms with E-state index in [1.165, 1.54) is 42.5 Å². The van der Waals surface area contributed by atoms with Gasteiger partial charge in [0, 0.05) is 11.6 Å². The minimum atomic E-state index is -3.19. The van der Waals surface area contributed by atoms with Crippen LogP contribution in [0.1, 0.15) is 29.8 Å². The van der Waals surface area contributed by atoms with Gasteiger partial charge in [0.1, 0.15) is 11.5 Å². The average molecular weight is 336 g/mol. The van der Waals surface area contributed by atoms with E-state index in [-0.39, 0.29) is 28.7 Å². The van der Waals surface area contributed by atoms with E-state index >= 15 is 0 Å². The van der Waals surface area contributed by atoms with Gasteiger partial charge in [-0.05, 0) is 26.0 Å². The monoisotopic (exact) mass is 336 g/mol. The topological polar surface area (TPSA) is 55.8 Å².